The first-order valence-corrected chi connectivity index (χ1v) is 6.96. The van der Waals surface area contributed by atoms with Crippen molar-refractivity contribution < 1.29 is 9.53 Å². The van der Waals surface area contributed by atoms with Gasteiger partial charge < -0.3 is 20.3 Å². The summed E-state index contributed by atoms with van der Waals surface area (Å²) in [7, 11) is 3.59. The molecule has 0 aromatic heterocycles. The third kappa shape index (κ3) is 3.16. The maximum atomic E-state index is 12.5. The lowest BCUT2D eigenvalue weighted by molar-refractivity contribution is -0.126. The van der Waals surface area contributed by atoms with Crippen LogP contribution in [0.3, 0.4) is 0 Å². The lowest BCUT2D eigenvalue weighted by atomic mass is 10.1. The summed E-state index contributed by atoms with van der Waals surface area (Å²) in [5.41, 5.74) is 6.69. The van der Waals surface area contributed by atoms with Crippen LogP contribution in [0.4, 0.5) is 5.69 Å². The second-order valence-electron chi connectivity index (χ2n) is 5.41. The predicted octanol–water partition coefficient (Wildman–Crippen LogP) is 0.808. The van der Waals surface area contributed by atoms with Crippen LogP contribution in [0.5, 0.6) is 5.75 Å². The number of piperazine rings is 1. The van der Waals surface area contributed by atoms with Crippen molar-refractivity contribution in [2.75, 3.05) is 39.5 Å². The van der Waals surface area contributed by atoms with Gasteiger partial charge >= 0.3 is 0 Å². The molecular weight excluding hydrogens is 268 g/mol. The van der Waals surface area contributed by atoms with Crippen molar-refractivity contribution in [1.29, 1.82) is 5.41 Å². The number of nitrogens with two attached hydrogens (primary N) is 1. The summed E-state index contributed by atoms with van der Waals surface area (Å²) in [6.45, 7) is 4.16. The van der Waals surface area contributed by atoms with Gasteiger partial charge in [-0.15, -0.1) is 0 Å². The highest BCUT2D eigenvalue weighted by molar-refractivity contribution is 6.45. The molecule has 1 aromatic carbocycles. The van der Waals surface area contributed by atoms with E-state index in [1.165, 1.54) is 0 Å². The summed E-state index contributed by atoms with van der Waals surface area (Å²) >= 11 is 0. The summed E-state index contributed by atoms with van der Waals surface area (Å²) in [4.78, 5) is 16.4. The first-order chi connectivity index (χ1) is 9.93. The van der Waals surface area contributed by atoms with Gasteiger partial charge in [-0.3, -0.25) is 10.2 Å². The molecule has 21 heavy (non-hydrogen) atoms. The average Bonchev–Trinajstić information content (AvgIpc) is 2.48. The van der Waals surface area contributed by atoms with Gasteiger partial charge in [0.15, 0.2) is 0 Å². The van der Waals surface area contributed by atoms with Gasteiger partial charge in [0, 0.05) is 43.0 Å². The number of anilines is 1. The number of nitrogens with one attached hydrogen (secondary N) is 1. The molecular formula is C15H22N4O2. The molecule has 6 nitrogen and oxygen atoms in total. The van der Waals surface area contributed by atoms with E-state index in [0.29, 0.717) is 36.1 Å². The van der Waals surface area contributed by atoms with Crippen LogP contribution in [0.1, 0.15) is 12.5 Å². The monoisotopic (exact) mass is 290 g/mol. The molecule has 1 atom stereocenters. The number of nitrogens with zero attached hydrogens (tertiary/aromatic N) is 2. The Morgan fingerprint density at radius 3 is 2.71 bits per heavy atom. The Balaban J connectivity index is 2.14. The molecule has 1 saturated heterocycles. The molecule has 2 rings (SSSR count). The van der Waals surface area contributed by atoms with Crippen molar-refractivity contribution in [3.05, 3.63) is 23.8 Å². The smallest absolute Gasteiger partial charge is 0.272 e. The van der Waals surface area contributed by atoms with E-state index in [-0.39, 0.29) is 11.6 Å². The van der Waals surface area contributed by atoms with Gasteiger partial charge in [0.1, 0.15) is 11.5 Å². The summed E-state index contributed by atoms with van der Waals surface area (Å²) in [6.07, 6.45) is 0. The highest BCUT2D eigenvalue weighted by Gasteiger charge is 2.27. The number of carbonyl (C=O) groups excluding carboxylic acids is 1. The van der Waals surface area contributed by atoms with Crippen molar-refractivity contribution in [3.63, 3.8) is 0 Å². The van der Waals surface area contributed by atoms with Crippen molar-refractivity contribution >= 4 is 17.3 Å². The second kappa shape index (κ2) is 6.13. The van der Waals surface area contributed by atoms with Gasteiger partial charge in [-0.05, 0) is 26.1 Å². The van der Waals surface area contributed by atoms with Gasteiger partial charge in [0.05, 0.1) is 7.11 Å². The van der Waals surface area contributed by atoms with Crippen LogP contribution in [0.2, 0.25) is 0 Å². The van der Waals surface area contributed by atoms with Crippen LogP contribution in [0.15, 0.2) is 18.2 Å². The number of benzene rings is 1. The number of rotatable bonds is 3. The number of hydrogen-bond donors (Lipinski definition) is 2. The highest BCUT2D eigenvalue weighted by Crippen LogP contribution is 2.21. The van der Waals surface area contributed by atoms with Crippen molar-refractivity contribution in [1.82, 2.24) is 9.80 Å². The topological polar surface area (TPSA) is 82.7 Å². The van der Waals surface area contributed by atoms with Crippen LogP contribution in [0.25, 0.3) is 0 Å². The van der Waals surface area contributed by atoms with Gasteiger partial charge in [-0.1, -0.05) is 0 Å². The predicted molar refractivity (Wildman–Crippen MR) is 82.9 cm³/mol. The lowest BCUT2D eigenvalue weighted by Crippen LogP contribution is -2.53. The molecule has 6 heteroatoms. The highest BCUT2D eigenvalue weighted by atomic mass is 16.5. The van der Waals surface area contributed by atoms with E-state index in [1.54, 1.807) is 30.2 Å². The maximum absolute atomic E-state index is 12.5. The summed E-state index contributed by atoms with van der Waals surface area (Å²) in [6, 6.07) is 5.29. The Kier molecular flexibility index (Phi) is 4.47. The molecule has 114 valence electrons. The van der Waals surface area contributed by atoms with E-state index in [2.05, 4.69) is 11.8 Å². The minimum Gasteiger partial charge on any atom is -0.497 e. The van der Waals surface area contributed by atoms with Crippen LogP contribution in [0, 0.1) is 5.41 Å². The van der Waals surface area contributed by atoms with Crippen LogP contribution >= 0.6 is 0 Å². The molecule has 0 radical (unpaired) electrons. The van der Waals surface area contributed by atoms with E-state index in [0.717, 1.165) is 6.54 Å². The fourth-order valence-electron chi connectivity index (χ4n) is 2.40. The van der Waals surface area contributed by atoms with Crippen molar-refractivity contribution in [2.24, 2.45) is 0 Å². The Morgan fingerprint density at radius 1 is 1.43 bits per heavy atom. The van der Waals surface area contributed by atoms with E-state index in [4.69, 9.17) is 15.9 Å². The summed E-state index contributed by atoms with van der Waals surface area (Å²) in [5, 5.41) is 8.13. The average molecular weight is 290 g/mol. The Bertz CT molecular complexity index is 559. The molecule has 1 unspecified atom stereocenters. The number of likely N-dealkylation sites (N-methyl/N-ethyl adjacent to an activating group) is 1. The number of hydrogen-bond acceptors (Lipinski definition) is 5. The van der Waals surface area contributed by atoms with Crippen LogP contribution < -0.4 is 10.5 Å². The zero-order chi connectivity index (χ0) is 15.6. The van der Waals surface area contributed by atoms with Crippen LogP contribution in [-0.2, 0) is 4.79 Å². The van der Waals surface area contributed by atoms with Gasteiger partial charge in [0.25, 0.3) is 5.91 Å². The minimum absolute atomic E-state index is 0.0630. The number of carbonyl (C=O) groups is 1. The van der Waals surface area contributed by atoms with Crippen molar-refractivity contribution in [2.45, 2.75) is 13.0 Å². The van der Waals surface area contributed by atoms with Crippen LogP contribution in [-0.4, -0.2) is 61.3 Å². The quantitative estimate of drug-likeness (QED) is 0.637. The lowest BCUT2D eigenvalue weighted by Gasteiger charge is -2.37. The zero-order valence-electron chi connectivity index (χ0n) is 12.7. The Morgan fingerprint density at radius 2 is 2.14 bits per heavy atom. The third-order valence-electron chi connectivity index (χ3n) is 3.99. The number of amides is 1. The third-order valence-corrected chi connectivity index (χ3v) is 3.99. The molecule has 1 heterocycles. The summed E-state index contributed by atoms with van der Waals surface area (Å²) < 4.78 is 5.08. The standard InChI is InChI=1S/C15H22N4O2/c1-10-9-19(7-6-18(10)2)15(20)14(17)12-5-4-11(21-3)8-13(12)16/h4-5,8,10,17H,6-7,9,16H2,1-3H3. The largest absolute Gasteiger partial charge is 0.497 e. The van der Waals surface area contributed by atoms with E-state index < -0.39 is 0 Å². The molecule has 1 aliphatic rings. The fraction of sp³-hybridized carbons (Fsp3) is 0.467. The minimum atomic E-state index is -0.271. The van der Waals surface area contributed by atoms with E-state index >= 15 is 0 Å². The Labute approximate surface area is 125 Å². The van der Waals surface area contributed by atoms with E-state index in [9.17, 15) is 4.79 Å². The second-order valence-corrected chi connectivity index (χ2v) is 5.41. The zero-order valence-corrected chi connectivity index (χ0v) is 12.7. The van der Waals surface area contributed by atoms with Crippen molar-refractivity contribution in [3.8, 4) is 5.75 Å². The van der Waals surface area contributed by atoms with Gasteiger partial charge in [-0.2, -0.15) is 0 Å². The van der Waals surface area contributed by atoms with E-state index in [1.807, 2.05) is 7.05 Å². The number of methoxy groups -OCH3 is 1. The normalized spacial score (nSPS) is 19.4. The molecule has 1 amide bonds. The molecule has 0 bridgehead atoms. The summed E-state index contributed by atoms with van der Waals surface area (Å²) in [5.74, 6) is 0.344. The number of ether oxygens (including phenoxy) is 1. The molecule has 1 fully saturated rings. The molecule has 1 aliphatic heterocycles. The first kappa shape index (κ1) is 15.3. The molecule has 1 aromatic rings. The van der Waals surface area contributed by atoms with Gasteiger partial charge in [0.2, 0.25) is 0 Å². The van der Waals surface area contributed by atoms with Gasteiger partial charge in [-0.25, -0.2) is 0 Å². The molecule has 0 saturated carbocycles. The maximum Gasteiger partial charge on any atom is 0.272 e. The Hall–Kier alpha value is -2.08. The molecule has 3 N–H and O–H groups in total. The fourth-order valence-corrected chi connectivity index (χ4v) is 2.40. The molecule has 0 aliphatic carbocycles. The molecule has 0 spiro atoms. The number of nitrogen functional groups attached to an aromatic ring is 1. The first-order valence-electron chi connectivity index (χ1n) is 6.96. The SMILES string of the molecule is COc1ccc(C(=N)C(=O)N2CCN(C)C(C)C2)c(N)c1.